The summed E-state index contributed by atoms with van der Waals surface area (Å²) in [5.41, 5.74) is -0.0833. The van der Waals surface area contributed by atoms with Crippen LogP contribution in [0.1, 0.15) is 0 Å². The largest absolute Gasteiger partial charge is 0.290 e. The molecule has 0 saturated carbocycles. The third-order valence-electron chi connectivity index (χ3n) is 1.66. The molecule has 2 rings (SSSR count). The van der Waals surface area contributed by atoms with Crippen LogP contribution in [-0.2, 0) is 0 Å². The first-order valence-electron chi connectivity index (χ1n) is 3.13. The van der Waals surface area contributed by atoms with Gasteiger partial charge in [0, 0.05) is 25.5 Å². The van der Waals surface area contributed by atoms with Gasteiger partial charge in [0.15, 0.2) is 0 Å². The first kappa shape index (κ1) is 5.14. The van der Waals surface area contributed by atoms with Gasteiger partial charge in [-0.3, -0.25) is 15.6 Å². The average Bonchev–Trinajstić information content (AvgIpc) is 2.45. The summed E-state index contributed by atoms with van der Waals surface area (Å²) in [5.74, 6) is 0. The zero-order valence-electron chi connectivity index (χ0n) is 5.09. The van der Waals surface area contributed by atoms with Gasteiger partial charge >= 0.3 is 0 Å². The molecule has 0 aliphatic carbocycles. The zero-order valence-corrected chi connectivity index (χ0v) is 5.09. The van der Waals surface area contributed by atoms with Gasteiger partial charge in [-0.05, 0) is 6.08 Å². The molecule has 0 bridgehead atoms. The van der Waals surface area contributed by atoms with Crippen molar-refractivity contribution in [3.05, 3.63) is 12.3 Å². The van der Waals surface area contributed by atoms with E-state index in [1.807, 2.05) is 18.5 Å². The summed E-state index contributed by atoms with van der Waals surface area (Å²) in [7, 11) is 0. The highest BCUT2D eigenvalue weighted by Crippen LogP contribution is 2.08. The summed E-state index contributed by atoms with van der Waals surface area (Å²) < 4.78 is 0. The summed E-state index contributed by atoms with van der Waals surface area (Å²) >= 11 is 0. The van der Waals surface area contributed by atoms with Crippen molar-refractivity contribution in [1.29, 1.82) is 0 Å². The van der Waals surface area contributed by atoms with Crippen LogP contribution in [0.3, 0.4) is 0 Å². The Labute approximate surface area is 53.9 Å². The molecule has 3 nitrogen and oxygen atoms in total. The summed E-state index contributed by atoms with van der Waals surface area (Å²) in [6.45, 7) is 2.05. The predicted octanol–water partition coefficient (Wildman–Crippen LogP) is -0.526. The number of hydrogen-bond acceptors (Lipinski definition) is 3. The lowest BCUT2D eigenvalue weighted by molar-refractivity contribution is 0.579. The first-order chi connectivity index (χ1) is 4.41. The molecule has 0 aromatic heterocycles. The molecule has 2 heterocycles. The number of hydrogen-bond donors (Lipinski definition) is 2. The second-order valence-electron chi connectivity index (χ2n) is 2.32. The van der Waals surface area contributed by atoms with E-state index >= 15 is 0 Å². The Morgan fingerprint density at radius 3 is 2.67 bits per heavy atom. The van der Waals surface area contributed by atoms with Gasteiger partial charge in [0.1, 0.15) is 5.66 Å². The molecule has 0 amide bonds. The van der Waals surface area contributed by atoms with Crippen molar-refractivity contribution >= 4 is 6.21 Å². The smallest absolute Gasteiger partial charge is 0.126 e. The third-order valence-corrected chi connectivity index (χ3v) is 1.66. The van der Waals surface area contributed by atoms with E-state index in [1.54, 1.807) is 0 Å². The monoisotopic (exact) mass is 123 g/mol. The average molecular weight is 123 g/mol. The van der Waals surface area contributed by atoms with Crippen LogP contribution in [-0.4, -0.2) is 25.0 Å². The Morgan fingerprint density at radius 2 is 2.11 bits per heavy atom. The van der Waals surface area contributed by atoms with E-state index in [9.17, 15) is 0 Å². The van der Waals surface area contributed by atoms with Gasteiger partial charge in [-0.25, -0.2) is 0 Å². The Balaban J connectivity index is 2.23. The van der Waals surface area contributed by atoms with Gasteiger partial charge in [-0.2, -0.15) is 0 Å². The SMILES string of the molecule is C1=CC2(C=N1)NCCN2. The standard InChI is InChI=1S/C6H9N3/c1-2-7-5-6(1)8-3-4-9-6/h1-2,5,8-9H,3-4H2. The van der Waals surface area contributed by atoms with Crippen molar-refractivity contribution < 1.29 is 0 Å². The van der Waals surface area contributed by atoms with Gasteiger partial charge in [-0.15, -0.1) is 0 Å². The van der Waals surface area contributed by atoms with Crippen molar-refractivity contribution in [2.24, 2.45) is 4.99 Å². The number of nitrogens with one attached hydrogen (secondary N) is 2. The molecule has 9 heavy (non-hydrogen) atoms. The van der Waals surface area contributed by atoms with Gasteiger partial charge in [0.25, 0.3) is 0 Å². The van der Waals surface area contributed by atoms with E-state index in [0.717, 1.165) is 13.1 Å². The lowest BCUT2D eigenvalue weighted by atomic mass is 10.2. The van der Waals surface area contributed by atoms with Gasteiger partial charge in [-0.1, -0.05) is 0 Å². The van der Waals surface area contributed by atoms with Gasteiger partial charge < -0.3 is 0 Å². The molecule has 1 saturated heterocycles. The maximum absolute atomic E-state index is 3.99. The van der Waals surface area contributed by atoms with Crippen molar-refractivity contribution in [1.82, 2.24) is 10.6 Å². The van der Waals surface area contributed by atoms with Crippen LogP contribution >= 0.6 is 0 Å². The van der Waals surface area contributed by atoms with Gasteiger partial charge in [0.2, 0.25) is 0 Å². The van der Waals surface area contributed by atoms with E-state index in [2.05, 4.69) is 15.6 Å². The molecule has 0 aromatic rings. The van der Waals surface area contributed by atoms with Crippen LogP contribution in [0, 0.1) is 0 Å². The fourth-order valence-electron chi connectivity index (χ4n) is 1.17. The zero-order chi connectivity index (χ0) is 6.16. The normalized spacial score (nSPS) is 28.4. The third kappa shape index (κ3) is 0.693. The van der Waals surface area contributed by atoms with E-state index < -0.39 is 0 Å². The van der Waals surface area contributed by atoms with E-state index in [0.29, 0.717) is 0 Å². The topological polar surface area (TPSA) is 36.4 Å². The van der Waals surface area contributed by atoms with Crippen molar-refractivity contribution in [3.8, 4) is 0 Å². The molecule has 0 radical (unpaired) electrons. The second kappa shape index (κ2) is 1.65. The van der Waals surface area contributed by atoms with Crippen molar-refractivity contribution in [2.45, 2.75) is 5.66 Å². The first-order valence-corrected chi connectivity index (χ1v) is 3.13. The second-order valence-corrected chi connectivity index (χ2v) is 2.32. The van der Waals surface area contributed by atoms with Crippen molar-refractivity contribution in [2.75, 3.05) is 13.1 Å². The molecule has 2 N–H and O–H groups in total. The lowest BCUT2D eigenvalue weighted by Crippen LogP contribution is -2.47. The quantitative estimate of drug-likeness (QED) is 0.454. The Kier molecular flexibility index (Phi) is 0.944. The summed E-state index contributed by atoms with van der Waals surface area (Å²) in [5, 5.41) is 6.57. The molecule has 3 heteroatoms. The molecule has 1 fully saturated rings. The molecule has 2 aliphatic heterocycles. The predicted molar refractivity (Wildman–Crippen MR) is 36.4 cm³/mol. The molecule has 0 aromatic carbocycles. The summed E-state index contributed by atoms with van der Waals surface area (Å²) in [4.78, 5) is 3.99. The van der Waals surface area contributed by atoms with Crippen LogP contribution in [0.15, 0.2) is 17.3 Å². The minimum Gasteiger partial charge on any atom is -0.290 e. The minimum atomic E-state index is -0.0833. The van der Waals surface area contributed by atoms with E-state index in [-0.39, 0.29) is 5.66 Å². The maximum Gasteiger partial charge on any atom is 0.126 e. The summed E-state index contributed by atoms with van der Waals surface area (Å²) in [6, 6.07) is 0. The molecule has 0 unspecified atom stereocenters. The van der Waals surface area contributed by atoms with Crippen LogP contribution in [0.25, 0.3) is 0 Å². The maximum atomic E-state index is 3.99. The van der Waals surface area contributed by atoms with E-state index in [1.165, 1.54) is 0 Å². The highest BCUT2D eigenvalue weighted by Gasteiger charge is 2.29. The molecule has 48 valence electrons. The highest BCUT2D eigenvalue weighted by atomic mass is 15.3. The van der Waals surface area contributed by atoms with Crippen molar-refractivity contribution in [3.63, 3.8) is 0 Å². The molecule has 0 atom stereocenters. The minimum absolute atomic E-state index is 0.0833. The number of aliphatic imine (C=N–C) groups is 1. The summed E-state index contributed by atoms with van der Waals surface area (Å²) in [6.07, 6.45) is 5.73. The molecular weight excluding hydrogens is 114 g/mol. The van der Waals surface area contributed by atoms with Crippen LogP contribution < -0.4 is 10.6 Å². The molecule has 1 spiro atoms. The lowest BCUT2D eigenvalue weighted by Gasteiger charge is -2.16. The van der Waals surface area contributed by atoms with Crippen LogP contribution in [0.2, 0.25) is 0 Å². The fourth-order valence-corrected chi connectivity index (χ4v) is 1.17. The number of rotatable bonds is 0. The Bertz CT molecular complexity index is 151. The fraction of sp³-hybridized carbons (Fsp3) is 0.500. The van der Waals surface area contributed by atoms with E-state index in [4.69, 9.17) is 0 Å². The van der Waals surface area contributed by atoms with Crippen LogP contribution in [0.4, 0.5) is 0 Å². The highest BCUT2D eigenvalue weighted by molar-refractivity contribution is 5.76. The molecule has 2 aliphatic rings. The molecular formula is C6H9N3. The Morgan fingerprint density at radius 1 is 1.33 bits per heavy atom. The van der Waals surface area contributed by atoms with Gasteiger partial charge in [0.05, 0.1) is 0 Å². The van der Waals surface area contributed by atoms with Crippen LogP contribution in [0.5, 0.6) is 0 Å². The number of nitrogens with zero attached hydrogens (tertiary/aromatic N) is 1. The Hall–Kier alpha value is -0.670.